The first kappa shape index (κ1) is 15.3. The normalized spacial score (nSPS) is 20.9. The molecule has 0 aromatic heterocycles. The Kier molecular flexibility index (Phi) is 5.06. The largest absolute Gasteiger partial charge is 0.497 e. The summed E-state index contributed by atoms with van der Waals surface area (Å²) >= 11 is 0. The molecule has 112 valence electrons. The van der Waals surface area contributed by atoms with Crippen LogP contribution in [0.1, 0.15) is 26.3 Å². The van der Waals surface area contributed by atoms with Gasteiger partial charge in [-0.2, -0.15) is 0 Å². The van der Waals surface area contributed by atoms with Crippen LogP contribution in [-0.2, 0) is 6.42 Å². The van der Waals surface area contributed by atoms with Crippen molar-refractivity contribution >= 4 is 0 Å². The number of nitrogens with one attached hydrogen (secondary N) is 1. The molecule has 1 aromatic rings. The van der Waals surface area contributed by atoms with Crippen molar-refractivity contribution in [2.45, 2.75) is 33.2 Å². The quantitative estimate of drug-likeness (QED) is 0.914. The Bertz CT molecular complexity index is 408. The lowest BCUT2D eigenvalue weighted by molar-refractivity contribution is 0.0766. The Balaban J connectivity index is 1.93. The van der Waals surface area contributed by atoms with Crippen molar-refractivity contribution in [1.82, 2.24) is 10.2 Å². The first-order chi connectivity index (χ1) is 9.50. The SMILES string of the molecule is COc1ccc(CCN2CCNCC2C(C)(C)C)cc1. The fraction of sp³-hybridized carbons (Fsp3) is 0.647. The standard InChI is InChI=1S/C17H28N2O/c1-17(2,3)16-13-18-10-12-19(16)11-9-14-5-7-15(20-4)8-6-14/h5-8,16,18H,9-13H2,1-4H3. The molecule has 0 spiro atoms. The van der Waals surface area contributed by atoms with Crippen LogP contribution < -0.4 is 10.1 Å². The third-order valence-electron chi connectivity index (χ3n) is 4.20. The van der Waals surface area contributed by atoms with E-state index in [0.717, 1.165) is 38.3 Å². The molecule has 0 amide bonds. The molecule has 1 N–H and O–H groups in total. The number of hydrogen-bond donors (Lipinski definition) is 1. The molecule has 1 atom stereocenters. The van der Waals surface area contributed by atoms with Gasteiger partial charge >= 0.3 is 0 Å². The second-order valence-corrected chi connectivity index (χ2v) is 6.72. The van der Waals surface area contributed by atoms with Crippen LogP contribution in [0.3, 0.4) is 0 Å². The highest BCUT2D eigenvalue weighted by Crippen LogP contribution is 2.25. The summed E-state index contributed by atoms with van der Waals surface area (Å²) in [6.07, 6.45) is 1.11. The van der Waals surface area contributed by atoms with Crippen molar-refractivity contribution in [3.8, 4) is 5.75 Å². The van der Waals surface area contributed by atoms with Crippen LogP contribution >= 0.6 is 0 Å². The van der Waals surface area contributed by atoms with Gasteiger partial charge in [0, 0.05) is 32.2 Å². The molecule has 2 rings (SSSR count). The fourth-order valence-corrected chi connectivity index (χ4v) is 2.93. The van der Waals surface area contributed by atoms with Crippen LogP contribution in [0, 0.1) is 5.41 Å². The molecule has 1 heterocycles. The van der Waals surface area contributed by atoms with E-state index in [4.69, 9.17) is 4.74 Å². The summed E-state index contributed by atoms with van der Waals surface area (Å²) in [7, 11) is 1.71. The Hall–Kier alpha value is -1.06. The second kappa shape index (κ2) is 6.59. The lowest BCUT2D eigenvalue weighted by atomic mass is 9.84. The molecule has 1 fully saturated rings. The maximum absolute atomic E-state index is 5.21. The van der Waals surface area contributed by atoms with E-state index in [0.29, 0.717) is 11.5 Å². The van der Waals surface area contributed by atoms with Gasteiger partial charge in [-0.15, -0.1) is 0 Å². The van der Waals surface area contributed by atoms with E-state index in [1.807, 2.05) is 12.1 Å². The Morgan fingerprint density at radius 3 is 2.55 bits per heavy atom. The molecule has 0 radical (unpaired) electrons. The van der Waals surface area contributed by atoms with Gasteiger partial charge in [0.15, 0.2) is 0 Å². The van der Waals surface area contributed by atoms with Crippen molar-refractivity contribution in [2.75, 3.05) is 33.3 Å². The lowest BCUT2D eigenvalue weighted by Crippen LogP contribution is -2.56. The van der Waals surface area contributed by atoms with E-state index < -0.39 is 0 Å². The molecule has 0 aliphatic carbocycles. The van der Waals surface area contributed by atoms with Gasteiger partial charge in [0.25, 0.3) is 0 Å². The smallest absolute Gasteiger partial charge is 0.118 e. The Morgan fingerprint density at radius 1 is 1.25 bits per heavy atom. The summed E-state index contributed by atoms with van der Waals surface area (Å²) in [6.45, 7) is 11.5. The van der Waals surface area contributed by atoms with E-state index in [2.05, 4.69) is 43.1 Å². The van der Waals surface area contributed by atoms with Gasteiger partial charge in [-0.3, -0.25) is 4.90 Å². The molecule has 20 heavy (non-hydrogen) atoms. The Morgan fingerprint density at radius 2 is 1.95 bits per heavy atom. The maximum atomic E-state index is 5.21. The molecule has 1 saturated heterocycles. The molecule has 3 heteroatoms. The van der Waals surface area contributed by atoms with E-state index in [9.17, 15) is 0 Å². The van der Waals surface area contributed by atoms with Gasteiger partial charge < -0.3 is 10.1 Å². The zero-order valence-electron chi connectivity index (χ0n) is 13.3. The van der Waals surface area contributed by atoms with E-state index in [1.165, 1.54) is 5.56 Å². The third kappa shape index (κ3) is 3.97. The van der Waals surface area contributed by atoms with Crippen molar-refractivity contribution < 1.29 is 4.74 Å². The molecular formula is C17H28N2O. The van der Waals surface area contributed by atoms with Crippen LogP contribution in [0.15, 0.2) is 24.3 Å². The number of rotatable bonds is 4. The van der Waals surface area contributed by atoms with Gasteiger partial charge in [0.05, 0.1) is 7.11 Å². The number of piperazine rings is 1. The zero-order chi connectivity index (χ0) is 14.6. The van der Waals surface area contributed by atoms with Crippen LogP contribution in [0.5, 0.6) is 5.75 Å². The molecular weight excluding hydrogens is 248 g/mol. The van der Waals surface area contributed by atoms with Crippen molar-refractivity contribution in [1.29, 1.82) is 0 Å². The number of ether oxygens (including phenoxy) is 1. The predicted octanol–water partition coefficient (Wildman–Crippen LogP) is 2.56. The lowest BCUT2D eigenvalue weighted by Gasteiger charge is -2.43. The second-order valence-electron chi connectivity index (χ2n) is 6.72. The van der Waals surface area contributed by atoms with Gasteiger partial charge in [0.1, 0.15) is 5.75 Å². The number of benzene rings is 1. The molecule has 1 unspecified atom stereocenters. The van der Waals surface area contributed by atoms with E-state index in [-0.39, 0.29) is 0 Å². The highest BCUT2D eigenvalue weighted by atomic mass is 16.5. The van der Waals surface area contributed by atoms with Crippen LogP contribution in [0.4, 0.5) is 0 Å². The first-order valence-electron chi connectivity index (χ1n) is 7.58. The predicted molar refractivity (Wildman–Crippen MR) is 84.4 cm³/mol. The number of hydrogen-bond acceptors (Lipinski definition) is 3. The summed E-state index contributed by atoms with van der Waals surface area (Å²) in [4.78, 5) is 2.64. The maximum Gasteiger partial charge on any atom is 0.118 e. The fourth-order valence-electron chi connectivity index (χ4n) is 2.93. The van der Waals surface area contributed by atoms with Crippen molar-refractivity contribution in [3.05, 3.63) is 29.8 Å². The highest BCUT2D eigenvalue weighted by Gasteiger charge is 2.31. The average molecular weight is 276 g/mol. The Labute approximate surface area is 123 Å². The van der Waals surface area contributed by atoms with Gasteiger partial charge in [0.2, 0.25) is 0 Å². The third-order valence-corrected chi connectivity index (χ3v) is 4.20. The summed E-state index contributed by atoms with van der Waals surface area (Å²) < 4.78 is 5.21. The summed E-state index contributed by atoms with van der Waals surface area (Å²) in [5.74, 6) is 0.934. The van der Waals surface area contributed by atoms with E-state index in [1.54, 1.807) is 7.11 Å². The topological polar surface area (TPSA) is 24.5 Å². The van der Waals surface area contributed by atoms with Crippen LogP contribution in [0.2, 0.25) is 0 Å². The zero-order valence-corrected chi connectivity index (χ0v) is 13.3. The first-order valence-corrected chi connectivity index (χ1v) is 7.58. The van der Waals surface area contributed by atoms with E-state index >= 15 is 0 Å². The van der Waals surface area contributed by atoms with Crippen molar-refractivity contribution in [2.24, 2.45) is 5.41 Å². The van der Waals surface area contributed by atoms with Crippen LogP contribution in [0.25, 0.3) is 0 Å². The molecule has 1 aromatic carbocycles. The summed E-state index contributed by atoms with van der Waals surface area (Å²) in [6, 6.07) is 9.07. The minimum absolute atomic E-state index is 0.327. The minimum Gasteiger partial charge on any atom is -0.497 e. The highest BCUT2D eigenvalue weighted by molar-refractivity contribution is 5.27. The van der Waals surface area contributed by atoms with Gasteiger partial charge in [-0.25, -0.2) is 0 Å². The molecule has 0 saturated carbocycles. The molecule has 3 nitrogen and oxygen atoms in total. The molecule has 1 aliphatic heterocycles. The number of nitrogens with zero attached hydrogens (tertiary/aromatic N) is 1. The van der Waals surface area contributed by atoms with Gasteiger partial charge in [-0.05, 0) is 29.5 Å². The molecule has 1 aliphatic rings. The summed E-state index contributed by atoms with van der Waals surface area (Å²) in [5, 5.41) is 3.53. The minimum atomic E-state index is 0.327. The number of methoxy groups -OCH3 is 1. The monoisotopic (exact) mass is 276 g/mol. The average Bonchev–Trinajstić information content (AvgIpc) is 2.45. The van der Waals surface area contributed by atoms with Gasteiger partial charge in [-0.1, -0.05) is 32.9 Å². The van der Waals surface area contributed by atoms with Crippen molar-refractivity contribution in [3.63, 3.8) is 0 Å². The van der Waals surface area contributed by atoms with Crippen LogP contribution in [-0.4, -0.2) is 44.2 Å². The molecule has 0 bridgehead atoms. The summed E-state index contributed by atoms with van der Waals surface area (Å²) in [5.41, 5.74) is 1.71.